The zero-order valence-electron chi connectivity index (χ0n) is 18.2. The van der Waals surface area contributed by atoms with Crippen LogP contribution in [0.3, 0.4) is 0 Å². The molecule has 0 saturated heterocycles. The molecule has 0 aliphatic heterocycles. The van der Waals surface area contributed by atoms with Gasteiger partial charge in [-0.15, -0.1) is 11.3 Å². The third-order valence-electron chi connectivity index (χ3n) is 5.46. The molecular weight excluding hydrogens is 426 g/mol. The molecule has 0 saturated carbocycles. The number of aromatic nitrogens is 1. The molecule has 2 aromatic carbocycles. The van der Waals surface area contributed by atoms with E-state index in [0.29, 0.717) is 34.3 Å². The quantitative estimate of drug-likeness (QED) is 0.563. The summed E-state index contributed by atoms with van der Waals surface area (Å²) in [5.41, 5.74) is 3.04. The summed E-state index contributed by atoms with van der Waals surface area (Å²) in [5.74, 6) is 0.443. The minimum Gasteiger partial charge on any atom is -0.493 e. The molecule has 3 aromatic rings. The molecule has 2 N–H and O–H groups in total. The van der Waals surface area contributed by atoms with Gasteiger partial charge in [0.25, 0.3) is 5.91 Å². The maximum atomic E-state index is 13.1. The number of benzene rings is 2. The largest absolute Gasteiger partial charge is 0.493 e. The average Bonchev–Trinajstić information content (AvgIpc) is 3.21. The molecule has 8 heteroatoms. The van der Waals surface area contributed by atoms with Gasteiger partial charge >= 0.3 is 0 Å². The van der Waals surface area contributed by atoms with Gasteiger partial charge in [0.15, 0.2) is 16.6 Å². The van der Waals surface area contributed by atoms with Crippen molar-refractivity contribution in [3.05, 3.63) is 64.2 Å². The highest BCUT2D eigenvalue weighted by Crippen LogP contribution is 2.38. The molecule has 4 rings (SSSR count). The van der Waals surface area contributed by atoms with Crippen LogP contribution in [0.5, 0.6) is 11.5 Å². The Balaban J connectivity index is 1.50. The normalized spacial score (nSPS) is 14.9. The van der Waals surface area contributed by atoms with Crippen LogP contribution in [-0.2, 0) is 11.2 Å². The number of rotatable bonds is 6. The molecule has 0 spiro atoms. The van der Waals surface area contributed by atoms with Gasteiger partial charge in [0.2, 0.25) is 5.91 Å². The second-order valence-electron chi connectivity index (χ2n) is 7.65. The third kappa shape index (κ3) is 4.60. The van der Waals surface area contributed by atoms with Crippen LogP contribution in [-0.4, -0.2) is 31.0 Å². The molecule has 0 fully saturated rings. The van der Waals surface area contributed by atoms with Gasteiger partial charge in [-0.25, -0.2) is 4.98 Å². The first-order valence-corrected chi connectivity index (χ1v) is 11.2. The van der Waals surface area contributed by atoms with E-state index in [0.717, 1.165) is 29.0 Å². The van der Waals surface area contributed by atoms with Crippen LogP contribution in [0.1, 0.15) is 45.3 Å². The number of thiazole rings is 1. The number of nitrogens with zero attached hydrogens (tertiary/aromatic N) is 1. The molecule has 1 unspecified atom stereocenters. The molecule has 1 aliphatic rings. The van der Waals surface area contributed by atoms with E-state index in [4.69, 9.17) is 9.47 Å². The number of carbonyl (C=O) groups excluding carboxylic acids is 2. The monoisotopic (exact) mass is 451 g/mol. The first-order valence-electron chi connectivity index (χ1n) is 10.4. The lowest BCUT2D eigenvalue weighted by Crippen LogP contribution is -2.24. The van der Waals surface area contributed by atoms with E-state index in [1.165, 1.54) is 11.3 Å². The highest BCUT2D eigenvalue weighted by atomic mass is 32.1. The topological polar surface area (TPSA) is 89.6 Å². The maximum Gasteiger partial charge on any atom is 0.257 e. The summed E-state index contributed by atoms with van der Waals surface area (Å²) in [6, 6.07) is 12.6. The van der Waals surface area contributed by atoms with Crippen LogP contribution < -0.4 is 20.1 Å². The number of hydrogen-bond donors (Lipinski definition) is 2. The smallest absolute Gasteiger partial charge is 0.257 e. The van der Waals surface area contributed by atoms with E-state index < -0.39 is 0 Å². The molecule has 166 valence electrons. The van der Waals surface area contributed by atoms with Crippen LogP contribution in [0.15, 0.2) is 42.5 Å². The van der Waals surface area contributed by atoms with Crippen molar-refractivity contribution in [2.24, 2.45) is 0 Å². The molecule has 7 nitrogen and oxygen atoms in total. The molecule has 1 aliphatic carbocycles. The summed E-state index contributed by atoms with van der Waals surface area (Å²) in [7, 11) is 3.12. The Labute approximate surface area is 190 Å². The lowest BCUT2D eigenvalue weighted by atomic mass is 9.90. The fraction of sp³-hybridized carbons (Fsp3) is 0.292. The summed E-state index contributed by atoms with van der Waals surface area (Å²) in [6.07, 6.45) is 2.46. The first-order chi connectivity index (χ1) is 15.5. The molecule has 2 amide bonds. The summed E-state index contributed by atoms with van der Waals surface area (Å²) in [6.45, 7) is 1.98. The minimum atomic E-state index is -0.367. The number of nitrogens with one attached hydrogen (secondary N) is 2. The van der Waals surface area contributed by atoms with E-state index in [-0.39, 0.29) is 17.7 Å². The van der Waals surface area contributed by atoms with Gasteiger partial charge in [-0.1, -0.05) is 17.7 Å². The number of anilines is 2. The molecular formula is C24H25N3O4S. The third-order valence-corrected chi connectivity index (χ3v) is 6.50. The Morgan fingerprint density at radius 3 is 2.50 bits per heavy atom. The van der Waals surface area contributed by atoms with Crippen LogP contribution in [0.25, 0.3) is 0 Å². The zero-order chi connectivity index (χ0) is 22.7. The van der Waals surface area contributed by atoms with Crippen molar-refractivity contribution in [1.82, 2.24) is 4.98 Å². The van der Waals surface area contributed by atoms with Gasteiger partial charge in [-0.2, -0.15) is 0 Å². The average molecular weight is 452 g/mol. The predicted octanol–water partition coefficient (Wildman–Crippen LogP) is 4.78. The Bertz CT molecular complexity index is 1140. The van der Waals surface area contributed by atoms with Gasteiger partial charge < -0.3 is 14.8 Å². The summed E-state index contributed by atoms with van der Waals surface area (Å²) < 4.78 is 10.6. The van der Waals surface area contributed by atoms with Gasteiger partial charge in [0.1, 0.15) is 0 Å². The summed E-state index contributed by atoms with van der Waals surface area (Å²) in [4.78, 5) is 31.3. The van der Waals surface area contributed by atoms with Gasteiger partial charge in [-0.3, -0.25) is 14.9 Å². The minimum absolute atomic E-state index is 0.125. The Hall–Kier alpha value is -3.39. The van der Waals surface area contributed by atoms with E-state index >= 15 is 0 Å². The maximum absolute atomic E-state index is 13.1. The number of carbonyl (C=O) groups is 2. The molecule has 0 radical (unpaired) electrons. The Morgan fingerprint density at radius 1 is 1.03 bits per heavy atom. The van der Waals surface area contributed by atoms with E-state index in [1.807, 2.05) is 19.1 Å². The lowest BCUT2D eigenvalue weighted by molar-refractivity contribution is -0.117. The molecule has 1 heterocycles. The summed E-state index contributed by atoms with van der Waals surface area (Å²) in [5, 5.41) is 6.36. The van der Waals surface area contributed by atoms with Gasteiger partial charge in [0, 0.05) is 22.2 Å². The second kappa shape index (κ2) is 9.40. The fourth-order valence-electron chi connectivity index (χ4n) is 3.74. The molecule has 32 heavy (non-hydrogen) atoms. The molecule has 1 aromatic heterocycles. The van der Waals surface area contributed by atoms with Crippen molar-refractivity contribution in [1.29, 1.82) is 0 Å². The zero-order valence-corrected chi connectivity index (χ0v) is 19.0. The predicted molar refractivity (Wildman–Crippen MR) is 125 cm³/mol. The number of amides is 2. The van der Waals surface area contributed by atoms with Crippen molar-refractivity contribution < 1.29 is 19.1 Å². The fourth-order valence-corrected chi connectivity index (χ4v) is 4.80. The highest BCUT2D eigenvalue weighted by Gasteiger charge is 2.31. The molecule has 0 bridgehead atoms. The first kappa shape index (κ1) is 21.8. The second-order valence-corrected chi connectivity index (χ2v) is 8.74. The van der Waals surface area contributed by atoms with E-state index in [2.05, 4.69) is 15.6 Å². The lowest BCUT2D eigenvalue weighted by Gasteiger charge is -2.20. The van der Waals surface area contributed by atoms with Gasteiger partial charge in [0.05, 0.1) is 25.8 Å². The number of fused-ring (bicyclic) bond motifs is 1. The highest BCUT2D eigenvalue weighted by molar-refractivity contribution is 7.16. The number of methoxy groups -OCH3 is 2. The van der Waals surface area contributed by atoms with E-state index in [1.54, 1.807) is 44.6 Å². The Morgan fingerprint density at radius 2 is 1.78 bits per heavy atom. The number of hydrogen-bond acceptors (Lipinski definition) is 6. The number of ether oxygens (including phenoxy) is 2. The van der Waals surface area contributed by atoms with Gasteiger partial charge in [-0.05, 0) is 50.5 Å². The molecule has 1 atom stereocenters. The number of aryl methyl sites for hydroxylation is 2. The van der Waals surface area contributed by atoms with Crippen LogP contribution in [0, 0.1) is 6.92 Å². The van der Waals surface area contributed by atoms with E-state index in [9.17, 15) is 9.59 Å². The van der Waals surface area contributed by atoms with Crippen molar-refractivity contribution in [3.8, 4) is 11.5 Å². The SMILES string of the molecule is COc1ccc(NC(=O)C2CCCc3sc(NC(=O)c4ccc(C)cc4)nc32)cc1OC. The van der Waals surface area contributed by atoms with Crippen molar-refractivity contribution in [3.63, 3.8) is 0 Å². The van der Waals surface area contributed by atoms with Crippen molar-refractivity contribution in [2.75, 3.05) is 24.9 Å². The standard InChI is InChI=1S/C24H25N3O4S/c1-14-7-9-15(10-8-14)22(28)27-24-26-21-17(5-4-6-20(21)32-24)23(29)25-16-11-12-18(30-2)19(13-16)31-3/h7-13,17H,4-6H2,1-3H3,(H,25,29)(H,26,27,28). The van der Waals surface area contributed by atoms with Crippen LogP contribution in [0.2, 0.25) is 0 Å². The van der Waals surface area contributed by atoms with Crippen molar-refractivity contribution in [2.45, 2.75) is 32.1 Å². The Kier molecular flexibility index (Phi) is 6.41. The van der Waals surface area contributed by atoms with Crippen molar-refractivity contribution >= 4 is 34.0 Å². The summed E-state index contributed by atoms with van der Waals surface area (Å²) >= 11 is 1.44. The van der Waals surface area contributed by atoms with Crippen LogP contribution in [0.4, 0.5) is 10.8 Å². The van der Waals surface area contributed by atoms with Crippen LogP contribution >= 0.6 is 11.3 Å².